The van der Waals surface area contributed by atoms with Crippen LogP contribution in [0.1, 0.15) is 25.3 Å². The standard InChI is InChI=1S/C18H18N2O2/c1-12(2)15-11-20(16-9-6-10-19-17(16)22-3)18(21)14-8-5-4-7-13(14)15/h4-12H,1-3H3. The molecule has 3 aromatic rings. The molecule has 0 atom stereocenters. The monoisotopic (exact) mass is 294 g/mol. The molecule has 0 saturated heterocycles. The molecule has 0 saturated carbocycles. The number of ether oxygens (including phenoxy) is 1. The Labute approximate surface area is 129 Å². The Hall–Kier alpha value is -2.62. The molecule has 0 aliphatic rings. The summed E-state index contributed by atoms with van der Waals surface area (Å²) < 4.78 is 6.92. The second kappa shape index (κ2) is 5.64. The summed E-state index contributed by atoms with van der Waals surface area (Å²) in [7, 11) is 1.56. The molecule has 0 bridgehead atoms. The molecular formula is C18H18N2O2. The average molecular weight is 294 g/mol. The molecule has 2 heterocycles. The molecule has 0 unspecified atom stereocenters. The first-order chi connectivity index (χ1) is 10.6. The van der Waals surface area contributed by atoms with Crippen molar-refractivity contribution in [2.45, 2.75) is 19.8 Å². The van der Waals surface area contributed by atoms with Crippen LogP contribution in [0, 0.1) is 0 Å². The Balaban J connectivity index is 2.40. The first kappa shape index (κ1) is 14.3. The minimum absolute atomic E-state index is 0.0636. The van der Waals surface area contributed by atoms with Gasteiger partial charge in [-0.15, -0.1) is 0 Å². The molecule has 2 aromatic heterocycles. The van der Waals surface area contributed by atoms with Gasteiger partial charge in [-0.3, -0.25) is 9.36 Å². The predicted molar refractivity (Wildman–Crippen MR) is 88.0 cm³/mol. The molecule has 4 nitrogen and oxygen atoms in total. The van der Waals surface area contributed by atoms with Crippen LogP contribution in [0.25, 0.3) is 16.5 Å². The lowest BCUT2D eigenvalue weighted by molar-refractivity contribution is 0.395. The van der Waals surface area contributed by atoms with Crippen molar-refractivity contribution in [1.82, 2.24) is 9.55 Å². The Bertz CT molecular complexity index is 882. The van der Waals surface area contributed by atoms with Crippen molar-refractivity contribution in [3.8, 4) is 11.6 Å². The van der Waals surface area contributed by atoms with Gasteiger partial charge >= 0.3 is 0 Å². The first-order valence-corrected chi connectivity index (χ1v) is 7.27. The number of hydrogen-bond acceptors (Lipinski definition) is 3. The summed E-state index contributed by atoms with van der Waals surface area (Å²) >= 11 is 0. The number of rotatable bonds is 3. The average Bonchev–Trinajstić information content (AvgIpc) is 2.55. The second-order valence-corrected chi connectivity index (χ2v) is 5.49. The van der Waals surface area contributed by atoms with Gasteiger partial charge in [0.1, 0.15) is 5.69 Å². The third kappa shape index (κ3) is 2.26. The number of fused-ring (bicyclic) bond motifs is 1. The second-order valence-electron chi connectivity index (χ2n) is 5.49. The smallest absolute Gasteiger partial charge is 0.263 e. The lowest BCUT2D eigenvalue weighted by Gasteiger charge is -2.15. The van der Waals surface area contributed by atoms with Gasteiger partial charge in [0.25, 0.3) is 5.56 Å². The fourth-order valence-electron chi connectivity index (χ4n) is 2.68. The van der Waals surface area contributed by atoms with Crippen LogP contribution >= 0.6 is 0 Å². The fraction of sp³-hybridized carbons (Fsp3) is 0.222. The van der Waals surface area contributed by atoms with E-state index in [4.69, 9.17) is 4.74 Å². The summed E-state index contributed by atoms with van der Waals surface area (Å²) in [6, 6.07) is 11.3. The van der Waals surface area contributed by atoms with Crippen LogP contribution in [0.15, 0.2) is 53.6 Å². The molecule has 22 heavy (non-hydrogen) atoms. The van der Waals surface area contributed by atoms with Gasteiger partial charge < -0.3 is 4.74 Å². The van der Waals surface area contributed by atoms with E-state index in [-0.39, 0.29) is 5.56 Å². The summed E-state index contributed by atoms with van der Waals surface area (Å²) in [5, 5.41) is 1.71. The topological polar surface area (TPSA) is 44.1 Å². The van der Waals surface area contributed by atoms with Gasteiger partial charge in [-0.05, 0) is 35.1 Å². The van der Waals surface area contributed by atoms with Crippen LogP contribution in [0.3, 0.4) is 0 Å². The van der Waals surface area contributed by atoms with Crippen molar-refractivity contribution in [1.29, 1.82) is 0 Å². The van der Waals surface area contributed by atoms with Crippen LogP contribution < -0.4 is 10.3 Å². The van der Waals surface area contributed by atoms with Crippen molar-refractivity contribution in [2.75, 3.05) is 7.11 Å². The van der Waals surface area contributed by atoms with E-state index in [9.17, 15) is 4.79 Å². The van der Waals surface area contributed by atoms with E-state index in [0.29, 0.717) is 22.9 Å². The van der Waals surface area contributed by atoms with E-state index in [0.717, 1.165) is 10.9 Å². The number of nitrogens with zero attached hydrogens (tertiary/aromatic N) is 2. The maximum absolute atomic E-state index is 12.9. The van der Waals surface area contributed by atoms with Crippen LogP contribution in [-0.4, -0.2) is 16.7 Å². The molecule has 0 N–H and O–H groups in total. The summed E-state index contributed by atoms with van der Waals surface area (Å²) in [6.07, 6.45) is 3.55. The third-order valence-corrected chi connectivity index (χ3v) is 3.78. The van der Waals surface area contributed by atoms with Gasteiger partial charge in [0.05, 0.1) is 7.11 Å². The lowest BCUT2D eigenvalue weighted by atomic mass is 9.98. The van der Waals surface area contributed by atoms with E-state index in [2.05, 4.69) is 18.8 Å². The third-order valence-electron chi connectivity index (χ3n) is 3.78. The highest BCUT2D eigenvalue weighted by Crippen LogP contribution is 2.26. The summed E-state index contributed by atoms with van der Waals surface area (Å²) in [6.45, 7) is 4.24. The van der Waals surface area contributed by atoms with E-state index < -0.39 is 0 Å². The van der Waals surface area contributed by atoms with Crippen LogP contribution in [0.2, 0.25) is 0 Å². The van der Waals surface area contributed by atoms with Gasteiger partial charge in [0.2, 0.25) is 5.88 Å². The molecule has 112 valence electrons. The molecule has 0 amide bonds. The number of benzene rings is 1. The summed E-state index contributed by atoms with van der Waals surface area (Å²) in [4.78, 5) is 17.0. The molecule has 0 spiro atoms. The van der Waals surface area contributed by atoms with Gasteiger partial charge in [-0.2, -0.15) is 0 Å². The minimum Gasteiger partial charge on any atom is -0.480 e. The lowest BCUT2D eigenvalue weighted by Crippen LogP contribution is -2.20. The van der Waals surface area contributed by atoms with Crippen molar-refractivity contribution >= 4 is 10.8 Å². The Morgan fingerprint density at radius 1 is 1.09 bits per heavy atom. The summed E-state index contributed by atoms with van der Waals surface area (Å²) in [5.74, 6) is 0.744. The summed E-state index contributed by atoms with van der Waals surface area (Å²) in [5.41, 5.74) is 1.72. The van der Waals surface area contributed by atoms with Crippen LogP contribution in [0.5, 0.6) is 5.88 Å². The number of aromatic nitrogens is 2. The van der Waals surface area contributed by atoms with E-state index >= 15 is 0 Å². The Kier molecular flexibility index (Phi) is 3.67. The van der Waals surface area contributed by atoms with Crippen molar-refractivity contribution in [3.63, 3.8) is 0 Å². The quantitative estimate of drug-likeness (QED) is 0.742. The maximum atomic E-state index is 12.9. The molecule has 0 radical (unpaired) electrons. The number of hydrogen-bond donors (Lipinski definition) is 0. The molecule has 0 fully saturated rings. The van der Waals surface area contributed by atoms with E-state index in [1.54, 1.807) is 23.9 Å². The Morgan fingerprint density at radius 2 is 1.82 bits per heavy atom. The molecule has 0 aliphatic heterocycles. The highest BCUT2D eigenvalue weighted by molar-refractivity contribution is 5.85. The number of pyridine rings is 2. The first-order valence-electron chi connectivity index (χ1n) is 7.27. The normalized spacial score (nSPS) is 11.1. The van der Waals surface area contributed by atoms with Gasteiger partial charge in [-0.25, -0.2) is 4.98 Å². The fourth-order valence-corrected chi connectivity index (χ4v) is 2.68. The van der Waals surface area contributed by atoms with Crippen LogP contribution in [-0.2, 0) is 0 Å². The van der Waals surface area contributed by atoms with Crippen molar-refractivity contribution < 1.29 is 4.74 Å². The van der Waals surface area contributed by atoms with E-state index in [1.165, 1.54) is 0 Å². The van der Waals surface area contributed by atoms with Crippen molar-refractivity contribution in [3.05, 3.63) is 64.7 Å². The number of methoxy groups -OCH3 is 1. The molecule has 4 heteroatoms. The molecule has 0 aliphatic carbocycles. The maximum Gasteiger partial charge on any atom is 0.263 e. The van der Waals surface area contributed by atoms with Gasteiger partial charge in [-0.1, -0.05) is 32.0 Å². The van der Waals surface area contributed by atoms with Crippen LogP contribution in [0.4, 0.5) is 0 Å². The van der Waals surface area contributed by atoms with Crippen molar-refractivity contribution in [2.24, 2.45) is 0 Å². The van der Waals surface area contributed by atoms with Gasteiger partial charge in [0, 0.05) is 17.8 Å². The van der Waals surface area contributed by atoms with E-state index in [1.807, 2.05) is 36.5 Å². The SMILES string of the molecule is COc1ncccc1-n1cc(C(C)C)c2ccccc2c1=O. The zero-order valence-electron chi connectivity index (χ0n) is 12.9. The Morgan fingerprint density at radius 3 is 2.50 bits per heavy atom. The molecular weight excluding hydrogens is 276 g/mol. The highest BCUT2D eigenvalue weighted by Gasteiger charge is 2.14. The predicted octanol–water partition coefficient (Wildman–Crippen LogP) is 3.52. The highest BCUT2D eigenvalue weighted by atomic mass is 16.5. The molecule has 3 rings (SSSR count). The zero-order valence-corrected chi connectivity index (χ0v) is 12.9. The van der Waals surface area contributed by atoms with Gasteiger partial charge in [0.15, 0.2) is 0 Å². The zero-order chi connectivity index (χ0) is 15.7. The largest absolute Gasteiger partial charge is 0.480 e. The minimum atomic E-state index is -0.0636. The molecule has 1 aromatic carbocycles.